The van der Waals surface area contributed by atoms with Crippen molar-refractivity contribution in [1.29, 1.82) is 0 Å². The van der Waals surface area contributed by atoms with Gasteiger partial charge in [0.25, 0.3) is 0 Å². The molecule has 0 fully saturated rings. The molecule has 0 aliphatic heterocycles. The Morgan fingerprint density at radius 1 is 1.39 bits per heavy atom. The molecule has 0 spiro atoms. The fraction of sp³-hybridized carbons (Fsp3) is 0.357. The van der Waals surface area contributed by atoms with E-state index in [1.165, 1.54) is 0 Å². The van der Waals surface area contributed by atoms with Gasteiger partial charge in [-0.25, -0.2) is 4.98 Å². The van der Waals surface area contributed by atoms with Crippen LogP contribution in [0.25, 0.3) is 10.6 Å². The van der Waals surface area contributed by atoms with Crippen molar-refractivity contribution in [2.45, 2.75) is 19.8 Å². The number of nitrogens with zero attached hydrogens (tertiary/aromatic N) is 1. The SMILES string of the molecule is CC(C)C(CN)c1csc(-c2cccc(Br)c2)n1. The van der Waals surface area contributed by atoms with Crippen molar-refractivity contribution >= 4 is 27.3 Å². The highest BCUT2D eigenvalue weighted by Crippen LogP contribution is 2.30. The maximum atomic E-state index is 5.83. The van der Waals surface area contributed by atoms with Crippen molar-refractivity contribution in [3.05, 3.63) is 39.8 Å². The van der Waals surface area contributed by atoms with Crippen LogP contribution in [0, 0.1) is 5.92 Å². The van der Waals surface area contributed by atoms with Gasteiger partial charge in [0.15, 0.2) is 0 Å². The molecule has 0 amide bonds. The molecule has 18 heavy (non-hydrogen) atoms. The molecule has 2 aromatic rings. The third kappa shape index (κ3) is 2.99. The average molecular weight is 325 g/mol. The monoisotopic (exact) mass is 324 g/mol. The zero-order valence-electron chi connectivity index (χ0n) is 10.6. The summed E-state index contributed by atoms with van der Waals surface area (Å²) in [5.74, 6) is 0.870. The second-order valence-electron chi connectivity index (χ2n) is 4.67. The van der Waals surface area contributed by atoms with Gasteiger partial charge in [-0.1, -0.05) is 41.9 Å². The molecule has 1 unspecified atom stereocenters. The molecule has 96 valence electrons. The first-order valence-electron chi connectivity index (χ1n) is 6.03. The Balaban J connectivity index is 2.30. The summed E-state index contributed by atoms with van der Waals surface area (Å²) in [5, 5.41) is 3.19. The van der Waals surface area contributed by atoms with Crippen LogP contribution >= 0.6 is 27.3 Å². The van der Waals surface area contributed by atoms with E-state index in [4.69, 9.17) is 10.7 Å². The molecule has 1 aromatic heterocycles. The molecule has 4 heteroatoms. The molecule has 1 atom stereocenters. The van der Waals surface area contributed by atoms with Crippen LogP contribution in [0.1, 0.15) is 25.5 Å². The molecule has 1 heterocycles. The minimum Gasteiger partial charge on any atom is -0.330 e. The Morgan fingerprint density at radius 2 is 2.17 bits per heavy atom. The van der Waals surface area contributed by atoms with E-state index in [1.54, 1.807) is 11.3 Å². The molecule has 0 aliphatic rings. The average Bonchev–Trinajstić information content (AvgIpc) is 2.79. The van der Waals surface area contributed by atoms with E-state index in [2.05, 4.69) is 47.3 Å². The lowest BCUT2D eigenvalue weighted by Gasteiger charge is -2.15. The van der Waals surface area contributed by atoms with Gasteiger partial charge in [0.2, 0.25) is 0 Å². The minimum atomic E-state index is 0.349. The van der Waals surface area contributed by atoms with Gasteiger partial charge in [-0.3, -0.25) is 0 Å². The van der Waals surface area contributed by atoms with Gasteiger partial charge >= 0.3 is 0 Å². The second-order valence-corrected chi connectivity index (χ2v) is 6.45. The van der Waals surface area contributed by atoms with Crippen LogP contribution in [0.2, 0.25) is 0 Å². The third-order valence-corrected chi connectivity index (χ3v) is 4.43. The first-order valence-corrected chi connectivity index (χ1v) is 7.70. The van der Waals surface area contributed by atoms with Gasteiger partial charge in [-0.05, 0) is 18.1 Å². The third-order valence-electron chi connectivity index (χ3n) is 3.03. The fourth-order valence-electron chi connectivity index (χ4n) is 1.94. The predicted octanol–water partition coefficient (Wildman–Crippen LogP) is 4.27. The minimum absolute atomic E-state index is 0.349. The van der Waals surface area contributed by atoms with Crippen LogP contribution in [0.4, 0.5) is 0 Å². The molecule has 2 rings (SSSR count). The summed E-state index contributed by atoms with van der Waals surface area (Å²) in [5.41, 5.74) is 8.11. The van der Waals surface area contributed by atoms with Gasteiger partial charge in [-0.15, -0.1) is 11.3 Å². The molecular formula is C14H17BrN2S. The number of hydrogen-bond acceptors (Lipinski definition) is 3. The standard InChI is InChI=1S/C14H17BrN2S/c1-9(2)12(7-16)13-8-18-14(17-13)10-4-3-5-11(15)6-10/h3-6,8-9,12H,7,16H2,1-2H3. The van der Waals surface area contributed by atoms with E-state index < -0.39 is 0 Å². The zero-order valence-corrected chi connectivity index (χ0v) is 13.0. The maximum absolute atomic E-state index is 5.83. The number of halogens is 1. The lowest BCUT2D eigenvalue weighted by Crippen LogP contribution is -2.18. The van der Waals surface area contributed by atoms with Crippen molar-refractivity contribution < 1.29 is 0 Å². The topological polar surface area (TPSA) is 38.9 Å². The first kappa shape index (κ1) is 13.7. The van der Waals surface area contributed by atoms with Crippen LogP contribution in [-0.2, 0) is 0 Å². The van der Waals surface area contributed by atoms with E-state index in [0.717, 1.165) is 20.7 Å². The molecule has 0 aliphatic carbocycles. The highest BCUT2D eigenvalue weighted by atomic mass is 79.9. The van der Waals surface area contributed by atoms with Crippen LogP contribution in [0.5, 0.6) is 0 Å². The van der Waals surface area contributed by atoms with Crippen LogP contribution in [0.15, 0.2) is 34.1 Å². The molecule has 0 bridgehead atoms. The van der Waals surface area contributed by atoms with E-state index >= 15 is 0 Å². The van der Waals surface area contributed by atoms with Crippen LogP contribution in [-0.4, -0.2) is 11.5 Å². The molecule has 2 N–H and O–H groups in total. The number of thiazole rings is 1. The Kier molecular flexibility index (Phi) is 4.54. The van der Waals surface area contributed by atoms with Gasteiger partial charge in [0, 0.05) is 27.9 Å². The summed E-state index contributed by atoms with van der Waals surface area (Å²) in [6.07, 6.45) is 0. The largest absolute Gasteiger partial charge is 0.330 e. The molecule has 0 saturated heterocycles. The van der Waals surface area contributed by atoms with Crippen molar-refractivity contribution in [3.63, 3.8) is 0 Å². The summed E-state index contributed by atoms with van der Waals surface area (Å²) in [4.78, 5) is 4.73. The number of rotatable bonds is 4. The summed E-state index contributed by atoms with van der Waals surface area (Å²) < 4.78 is 1.08. The predicted molar refractivity (Wildman–Crippen MR) is 81.9 cm³/mol. The van der Waals surface area contributed by atoms with Crippen molar-refractivity contribution in [1.82, 2.24) is 4.98 Å². The smallest absolute Gasteiger partial charge is 0.123 e. The number of aromatic nitrogens is 1. The lowest BCUT2D eigenvalue weighted by molar-refractivity contribution is 0.498. The molecular weight excluding hydrogens is 308 g/mol. The van der Waals surface area contributed by atoms with Crippen molar-refractivity contribution in [3.8, 4) is 10.6 Å². The summed E-state index contributed by atoms with van der Waals surface area (Å²) >= 11 is 5.17. The Bertz CT molecular complexity index is 522. The highest BCUT2D eigenvalue weighted by Gasteiger charge is 2.17. The summed E-state index contributed by atoms with van der Waals surface area (Å²) in [7, 11) is 0. The number of nitrogens with two attached hydrogens (primary N) is 1. The van der Waals surface area contributed by atoms with Gasteiger partial charge in [0.05, 0.1) is 5.69 Å². The molecule has 1 aromatic carbocycles. The normalized spacial score (nSPS) is 12.9. The molecule has 0 radical (unpaired) electrons. The molecule has 0 saturated carbocycles. The Morgan fingerprint density at radius 3 is 2.78 bits per heavy atom. The van der Waals surface area contributed by atoms with Crippen LogP contribution in [0.3, 0.4) is 0 Å². The summed E-state index contributed by atoms with van der Waals surface area (Å²) in [6.45, 7) is 5.03. The maximum Gasteiger partial charge on any atom is 0.123 e. The van der Waals surface area contributed by atoms with Crippen LogP contribution < -0.4 is 5.73 Å². The molecule has 2 nitrogen and oxygen atoms in total. The zero-order chi connectivity index (χ0) is 13.1. The van der Waals surface area contributed by atoms with E-state index in [0.29, 0.717) is 18.4 Å². The van der Waals surface area contributed by atoms with E-state index in [9.17, 15) is 0 Å². The highest BCUT2D eigenvalue weighted by molar-refractivity contribution is 9.10. The van der Waals surface area contributed by atoms with E-state index in [1.807, 2.05) is 12.1 Å². The number of hydrogen-bond donors (Lipinski definition) is 1. The van der Waals surface area contributed by atoms with Crippen molar-refractivity contribution in [2.75, 3.05) is 6.54 Å². The second kappa shape index (κ2) is 5.95. The Labute approximate surface area is 120 Å². The fourth-order valence-corrected chi connectivity index (χ4v) is 3.23. The summed E-state index contributed by atoms with van der Waals surface area (Å²) in [6, 6.07) is 8.23. The number of benzene rings is 1. The Hall–Kier alpha value is -0.710. The van der Waals surface area contributed by atoms with Crippen molar-refractivity contribution in [2.24, 2.45) is 11.7 Å². The lowest BCUT2D eigenvalue weighted by atomic mass is 9.93. The van der Waals surface area contributed by atoms with E-state index in [-0.39, 0.29) is 0 Å². The van der Waals surface area contributed by atoms with Gasteiger partial charge in [-0.2, -0.15) is 0 Å². The van der Waals surface area contributed by atoms with Gasteiger partial charge in [0.1, 0.15) is 5.01 Å². The quantitative estimate of drug-likeness (QED) is 0.912. The first-order chi connectivity index (χ1) is 8.61. The van der Waals surface area contributed by atoms with Gasteiger partial charge < -0.3 is 5.73 Å².